The quantitative estimate of drug-likeness (QED) is 0.422. The summed E-state index contributed by atoms with van der Waals surface area (Å²) in [5, 5.41) is 12.0. The number of rotatable bonds is 8. The zero-order chi connectivity index (χ0) is 23.9. The summed E-state index contributed by atoms with van der Waals surface area (Å²) in [7, 11) is 1.93. The zero-order valence-electron chi connectivity index (χ0n) is 20.1. The van der Waals surface area contributed by atoms with E-state index in [-0.39, 0.29) is 11.8 Å². The minimum Gasteiger partial charge on any atom is -0.488 e. The van der Waals surface area contributed by atoms with Crippen LogP contribution in [0.2, 0.25) is 0 Å². The molecule has 1 aliphatic heterocycles. The highest BCUT2D eigenvalue weighted by Gasteiger charge is 2.44. The molecule has 8 nitrogen and oxygen atoms in total. The Labute approximate surface area is 204 Å². The number of hydrogen-bond donors (Lipinski definition) is 1. The van der Waals surface area contributed by atoms with Gasteiger partial charge in [-0.2, -0.15) is 10.2 Å². The molecule has 0 unspecified atom stereocenters. The number of carbonyl (C=O) groups is 1. The Bertz CT molecular complexity index is 1360. The Morgan fingerprint density at radius 1 is 1.20 bits per heavy atom. The van der Waals surface area contributed by atoms with E-state index in [2.05, 4.69) is 45.5 Å². The third-order valence-electron chi connectivity index (χ3n) is 7.35. The fourth-order valence-corrected chi connectivity index (χ4v) is 5.11. The molecule has 8 heteroatoms. The van der Waals surface area contributed by atoms with Crippen molar-refractivity contribution < 1.29 is 9.53 Å². The largest absolute Gasteiger partial charge is 0.488 e. The maximum atomic E-state index is 12.8. The van der Waals surface area contributed by atoms with Crippen LogP contribution in [0.3, 0.4) is 0 Å². The van der Waals surface area contributed by atoms with Crippen molar-refractivity contribution in [3.05, 3.63) is 66.5 Å². The van der Waals surface area contributed by atoms with Gasteiger partial charge in [-0.15, -0.1) is 0 Å². The molecule has 0 spiro atoms. The Morgan fingerprint density at radius 3 is 2.83 bits per heavy atom. The number of nitrogens with one attached hydrogen (secondary N) is 1. The van der Waals surface area contributed by atoms with E-state index in [0.717, 1.165) is 42.0 Å². The fourth-order valence-electron chi connectivity index (χ4n) is 5.11. The van der Waals surface area contributed by atoms with Gasteiger partial charge in [0, 0.05) is 43.4 Å². The van der Waals surface area contributed by atoms with Gasteiger partial charge in [-0.25, -0.2) is 4.52 Å². The maximum Gasteiger partial charge on any atom is 0.229 e. The second-order valence-electron chi connectivity index (χ2n) is 9.53. The van der Waals surface area contributed by atoms with Crippen LogP contribution < -0.4 is 10.1 Å². The van der Waals surface area contributed by atoms with Crippen LogP contribution in [0, 0.1) is 5.92 Å². The Morgan fingerprint density at radius 2 is 2.06 bits per heavy atom. The summed E-state index contributed by atoms with van der Waals surface area (Å²) < 4.78 is 9.82. The molecule has 3 atom stereocenters. The molecule has 1 aliphatic carbocycles. The zero-order valence-corrected chi connectivity index (χ0v) is 20.1. The number of hydrogen-bond acceptors (Lipinski definition) is 5. The van der Waals surface area contributed by atoms with Crippen LogP contribution in [-0.2, 0) is 11.8 Å². The lowest BCUT2D eigenvalue weighted by Crippen LogP contribution is -2.50. The smallest absolute Gasteiger partial charge is 0.229 e. The van der Waals surface area contributed by atoms with Crippen molar-refractivity contribution >= 4 is 17.2 Å². The molecule has 1 saturated carbocycles. The summed E-state index contributed by atoms with van der Waals surface area (Å²) >= 11 is 0. The molecule has 2 fully saturated rings. The van der Waals surface area contributed by atoms with E-state index in [1.807, 2.05) is 48.3 Å². The summed E-state index contributed by atoms with van der Waals surface area (Å²) in [4.78, 5) is 15.2. The summed E-state index contributed by atoms with van der Waals surface area (Å²) in [5.41, 5.74) is 4.06. The predicted octanol–water partition coefficient (Wildman–Crippen LogP) is 3.95. The van der Waals surface area contributed by atoms with Crippen LogP contribution in [0.25, 0.3) is 16.8 Å². The Kier molecular flexibility index (Phi) is 5.53. The average Bonchev–Trinajstić information content (AvgIpc) is 3.43. The molecule has 1 amide bonds. The summed E-state index contributed by atoms with van der Waals surface area (Å²) in [6.07, 6.45) is 5.75. The van der Waals surface area contributed by atoms with E-state index < -0.39 is 0 Å². The number of likely N-dealkylation sites (tertiary alicyclic amines) is 1. The van der Waals surface area contributed by atoms with E-state index in [9.17, 15) is 4.79 Å². The lowest BCUT2D eigenvalue weighted by molar-refractivity contribution is -0.117. The van der Waals surface area contributed by atoms with E-state index in [0.29, 0.717) is 24.4 Å². The van der Waals surface area contributed by atoms with Crippen LogP contribution in [0.5, 0.6) is 5.75 Å². The van der Waals surface area contributed by atoms with Crippen molar-refractivity contribution in [2.75, 3.05) is 25.0 Å². The first kappa shape index (κ1) is 21.9. The molecule has 4 heterocycles. The number of pyridine rings is 1. The molecule has 6 rings (SSSR count). The number of carbonyl (C=O) groups excluding carboxylic acids is 1. The second kappa shape index (κ2) is 8.85. The topological polar surface area (TPSA) is 76.7 Å². The van der Waals surface area contributed by atoms with Gasteiger partial charge in [-0.3, -0.25) is 14.4 Å². The molecule has 1 aromatic carbocycles. The standard InChI is InChI=1S/C27H30N6O2/c1-3-32-11-10-20(32)17-35-24-16-28-31(2)26(24)19-9-12-33-21(13-19)14-25(30-33)29-27(34)23-15-22(23)18-7-5-4-6-8-18/h4-9,12-14,16,20,22-23H,3,10-11,15,17H2,1-2H3,(H,29,30,34)/t20-,22-,23-/m1/s1. The first-order valence-corrected chi connectivity index (χ1v) is 12.3. The molecule has 0 bridgehead atoms. The van der Waals surface area contributed by atoms with Crippen molar-refractivity contribution in [3.63, 3.8) is 0 Å². The monoisotopic (exact) mass is 470 g/mol. The third-order valence-corrected chi connectivity index (χ3v) is 7.35. The average molecular weight is 471 g/mol. The van der Waals surface area contributed by atoms with E-state index in [1.165, 1.54) is 12.0 Å². The van der Waals surface area contributed by atoms with Crippen molar-refractivity contribution in [2.45, 2.75) is 31.7 Å². The third kappa shape index (κ3) is 4.18. The second-order valence-corrected chi connectivity index (χ2v) is 9.53. The summed E-state index contributed by atoms with van der Waals surface area (Å²) in [6.45, 7) is 5.06. The number of fused-ring (bicyclic) bond motifs is 1. The lowest BCUT2D eigenvalue weighted by atomic mass is 10.0. The normalized spacial score (nSPS) is 21.6. The molecule has 180 valence electrons. The molecular weight excluding hydrogens is 440 g/mol. The van der Waals surface area contributed by atoms with Crippen molar-refractivity contribution in [1.29, 1.82) is 0 Å². The Balaban J connectivity index is 1.16. The van der Waals surface area contributed by atoms with Crippen molar-refractivity contribution in [2.24, 2.45) is 13.0 Å². The number of aryl methyl sites for hydroxylation is 1. The molecule has 35 heavy (non-hydrogen) atoms. The first-order valence-electron chi connectivity index (χ1n) is 12.3. The van der Waals surface area contributed by atoms with Gasteiger partial charge in [0.2, 0.25) is 5.91 Å². The van der Waals surface area contributed by atoms with Gasteiger partial charge < -0.3 is 10.1 Å². The highest BCUT2D eigenvalue weighted by molar-refractivity contribution is 5.95. The van der Waals surface area contributed by atoms with E-state index in [1.54, 1.807) is 10.7 Å². The van der Waals surface area contributed by atoms with Crippen molar-refractivity contribution in [1.82, 2.24) is 24.3 Å². The van der Waals surface area contributed by atoms with E-state index in [4.69, 9.17) is 4.74 Å². The van der Waals surface area contributed by atoms with Gasteiger partial charge in [0.1, 0.15) is 12.3 Å². The number of ether oxygens (including phenoxy) is 1. The van der Waals surface area contributed by atoms with Crippen molar-refractivity contribution in [3.8, 4) is 17.0 Å². The summed E-state index contributed by atoms with van der Waals surface area (Å²) in [6, 6.07) is 16.7. The first-order chi connectivity index (χ1) is 17.1. The van der Waals surface area contributed by atoms with Crippen LogP contribution in [0.15, 0.2) is 60.9 Å². The minimum absolute atomic E-state index is 0.00576. The molecule has 3 aromatic heterocycles. The number of anilines is 1. The molecule has 2 aliphatic rings. The number of amides is 1. The Hall–Kier alpha value is -3.65. The maximum absolute atomic E-state index is 12.8. The SMILES string of the molecule is CCN1CC[C@@H]1COc1cnn(C)c1-c1ccn2nc(NC(=O)[C@@H]3C[C@@H]3c3ccccc3)cc2c1. The van der Waals surface area contributed by atoms with Crippen LogP contribution in [0.1, 0.15) is 31.2 Å². The highest BCUT2D eigenvalue weighted by atomic mass is 16.5. The predicted molar refractivity (Wildman–Crippen MR) is 134 cm³/mol. The number of nitrogens with zero attached hydrogens (tertiary/aromatic N) is 5. The van der Waals surface area contributed by atoms with Gasteiger partial charge >= 0.3 is 0 Å². The fraction of sp³-hybridized carbons (Fsp3) is 0.370. The molecule has 0 radical (unpaired) electrons. The molecule has 1 N–H and O–H groups in total. The van der Waals surface area contributed by atoms with Gasteiger partial charge in [0.25, 0.3) is 0 Å². The molecule has 4 aromatic rings. The van der Waals surface area contributed by atoms with Gasteiger partial charge in [-0.1, -0.05) is 37.3 Å². The van der Waals surface area contributed by atoms with Gasteiger partial charge in [-0.05, 0) is 43.0 Å². The van der Waals surface area contributed by atoms with Gasteiger partial charge in [0.05, 0.1) is 11.7 Å². The lowest BCUT2D eigenvalue weighted by Gasteiger charge is -2.39. The van der Waals surface area contributed by atoms with E-state index >= 15 is 0 Å². The minimum atomic E-state index is 0.00576. The number of likely N-dealkylation sites (N-methyl/N-ethyl adjacent to an activating group) is 1. The highest BCUT2D eigenvalue weighted by Crippen LogP contribution is 2.47. The van der Waals surface area contributed by atoms with Crippen LogP contribution >= 0.6 is 0 Å². The van der Waals surface area contributed by atoms with Crippen LogP contribution in [-0.4, -0.2) is 55.9 Å². The van der Waals surface area contributed by atoms with Crippen LogP contribution in [0.4, 0.5) is 5.82 Å². The molecular formula is C27H30N6O2. The number of aromatic nitrogens is 4. The number of benzene rings is 1. The van der Waals surface area contributed by atoms with Gasteiger partial charge in [0.15, 0.2) is 11.6 Å². The molecule has 1 saturated heterocycles. The summed E-state index contributed by atoms with van der Waals surface area (Å²) in [5.74, 6) is 1.69.